The fraction of sp³-hybridized carbons (Fsp3) is 0.444. The molecule has 0 aliphatic carbocycles. The fourth-order valence-electron chi connectivity index (χ4n) is 0.589. The Morgan fingerprint density at radius 2 is 2.42 bits per heavy atom. The minimum Gasteiger partial charge on any atom is -0.351 e. The molecule has 3 heteroatoms. The van der Waals surface area contributed by atoms with Gasteiger partial charge in [0.05, 0.1) is 6.04 Å². The molecule has 0 aliphatic heterocycles. The summed E-state index contributed by atoms with van der Waals surface area (Å²) in [7, 11) is 0. The third kappa shape index (κ3) is 4.53. The largest absolute Gasteiger partial charge is 0.351 e. The highest BCUT2D eigenvalue weighted by atomic mass is 16.2. The lowest BCUT2D eigenvalue weighted by atomic mass is 10.2. The van der Waals surface area contributed by atoms with Gasteiger partial charge in [-0.2, -0.15) is 0 Å². The molecule has 0 aromatic carbocycles. The summed E-state index contributed by atoms with van der Waals surface area (Å²) in [5.74, 6) is 2.10. The van der Waals surface area contributed by atoms with Crippen molar-refractivity contribution in [2.24, 2.45) is 5.73 Å². The Bertz CT molecular complexity index is 215. The highest BCUT2D eigenvalue weighted by molar-refractivity contribution is 5.81. The van der Waals surface area contributed by atoms with Crippen LogP contribution in [0.2, 0.25) is 0 Å². The number of hydrogen-bond donors (Lipinski definition) is 2. The first-order valence-corrected chi connectivity index (χ1v) is 3.69. The molecule has 1 atom stereocenters. The summed E-state index contributed by atoms with van der Waals surface area (Å²) in [6.45, 7) is 5.92. The number of nitrogens with two attached hydrogens (primary N) is 1. The molecule has 1 amide bonds. The predicted octanol–water partition coefficient (Wildman–Crippen LogP) is 0.0293. The first-order valence-electron chi connectivity index (χ1n) is 3.69. The van der Waals surface area contributed by atoms with E-state index in [1.54, 1.807) is 0 Å². The Kier molecular flexibility index (Phi) is 4.82. The Labute approximate surface area is 73.0 Å². The second kappa shape index (κ2) is 5.39. The van der Waals surface area contributed by atoms with Crippen LogP contribution in [0.4, 0.5) is 0 Å². The van der Waals surface area contributed by atoms with Crippen LogP contribution in [-0.2, 0) is 4.79 Å². The minimum absolute atomic E-state index is 0.226. The van der Waals surface area contributed by atoms with Crippen molar-refractivity contribution in [3.8, 4) is 12.3 Å². The molecule has 12 heavy (non-hydrogen) atoms. The van der Waals surface area contributed by atoms with Crippen molar-refractivity contribution in [1.82, 2.24) is 5.32 Å². The number of terminal acetylenes is 1. The van der Waals surface area contributed by atoms with Gasteiger partial charge in [0.1, 0.15) is 0 Å². The Morgan fingerprint density at radius 1 is 1.83 bits per heavy atom. The summed E-state index contributed by atoms with van der Waals surface area (Å²) in [4.78, 5) is 11.1. The predicted molar refractivity (Wildman–Crippen MR) is 49.2 cm³/mol. The second-order valence-corrected chi connectivity index (χ2v) is 2.69. The summed E-state index contributed by atoms with van der Waals surface area (Å²) >= 11 is 0. The highest BCUT2D eigenvalue weighted by Crippen LogP contribution is 1.87. The summed E-state index contributed by atoms with van der Waals surface area (Å²) in [6.07, 6.45) is 5.26. The fourth-order valence-corrected chi connectivity index (χ4v) is 0.589. The molecule has 66 valence electrons. The van der Waals surface area contributed by atoms with Crippen molar-refractivity contribution in [2.45, 2.75) is 19.4 Å². The van der Waals surface area contributed by atoms with Gasteiger partial charge in [0.25, 0.3) is 0 Å². The van der Waals surface area contributed by atoms with Gasteiger partial charge in [-0.25, -0.2) is 0 Å². The average Bonchev–Trinajstić information content (AvgIpc) is 2.00. The molecule has 0 rings (SSSR count). The van der Waals surface area contributed by atoms with Crippen LogP contribution in [0.3, 0.4) is 0 Å². The van der Waals surface area contributed by atoms with Crippen molar-refractivity contribution >= 4 is 5.91 Å². The Balaban J connectivity index is 3.73. The molecule has 0 saturated heterocycles. The van der Waals surface area contributed by atoms with Gasteiger partial charge in [0.15, 0.2) is 0 Å². The number of nitrogens with one attached hydrogen (secondary N) is 1. The maximum atomic E-state index is 11.1. The second-order valence-electron chi connectivity index (χ2n) is 2.69. The van der Waals surface area contributed by atoms with E-state index in [0.29, 0.717) is 6.54 Å². The van der Waals surface area contributed by atoms with Gasteiger partial charge in [0, 0.05) is 13.0 Å². The van der Waals surface area contributed by atoms with E-state index in [2.05, 4.69) is 17.8 Å². The van der Waals surface area contributed by atoms with Gasteiger partial charge < -0.3 is 11.1 Å². The van der Waals surface area contributed by atoms with Gasteiger partial charge in [0.2, 0.25) is 5.91 Å². The lowest BCUT2D eigenvalue weighted by molar-refractivity contribution is -0.122. The number of amides is 1. The maximum Gasteiger partial charge on any atom is 0.238 e. The van der Waals surface area contributed by atoms with E-state index in [1.807, 2.05) is 6.92 Å². The Morgan fingerprint density at radius 3 is 2.83 bits per heavy atom. The van der Waals surface area contributed by atoms with Crippen LogP contribution < -0.4 is 11.1 Å². The smallest absolute Gasteiger partial charge is 0.238 e. The summed E-state index contributed by atoms with van der Waals surface area (Å²) in [5.41, 5.74) is 6.32. The molecule has 0 aliphatic rings. The lowest BCUT2D eigenvalue weighted by Crippen LogP contribution is -2.40. The van der Waals surface area contributed by atoms with Gasteiger partial charge in [-0.05, 0) is 6.92 Å². The molecule has 0 saturated carbocycles. The summed E-state index contributed by atoms with van der Waals surface area (Å²) < 4.78 is 0. The summed E-state index contributed by atoms with van der Waals surface area (Å²) in [6, 6.07) is -0.602. The number of hydrogen-bond acceptors (Lipinski definition) is 2. The molecule has 0 bridgehead atoms. The van der Waals surface area contributed by atoms with Crippen LogP contribution in [0, 0.1) is 12.3 Å². The maximum absolute atomic E-state index is 11.1. The Hall–Kier alpha value is -1.27. The van der Waals surface area contributed by atoms with E-state index in [4.69, 9.17) is 12.2 Å². The number of carbonyl (C=O) groups excluding carboxylic acids is 1. The summed E-state index contributed by atoms with van der Waals surface area (Å²) in [5, 5.41) is 2.61. The minimum atomic E-state index is -0.602. The molecule has 3 N–H and O–H groups in total. The van der Waals surface area contributed by atoms with E-state index >= 15 is 0 Å². The lowest BCUT2D eigenvalue weighted by Gasteiger charge is -2.08. The highest BCUT2D eigenvalue weighted by Gasteiger charge is 2.10. The zero-order valence-electron chi connectivity index (χ0n) is 7.26. The SMILES string of the molecule is C#CCC(N)C(=O)NCC(=C)C. The number of carbonyl (C=O) groups is 1. The van der Waals surface area contributed by atoms with E-state index in [0.717, 1.165) is 5.57 Å². The molecule has 3 nitrogen and oxygen atoms in total. The van der Waals surface area contributed by atoms with Gasteiger partial charge in [-0.15, -0.1) is 12.3 Å². The van der Waals surface area contributed by atoms with Crippen LogP contribution in [0.5, 0.6) is 0 Å². The van der Waals surface area contributed by atoms with Crippen LogP contribution >= 0.6 is 0 Å². The van der Waals surface area contributed by atoms with Crippen LogP contribution in [-0.4, -0.2) is 18.5 Å². The molecule has 0 aromatic rings. The first-order chi connectivity index (χ1) is 5.57. The molecule has 0 heterocycles. The molecule has 0 radical (unpaired) electrons. The van der Waals surface area contributed by atoms with Crippen LogP contribution in [0.1, 0.15) is 13.3 Å². The molecule has 1 unspecified atom stereocenters. The van der Waals surface area contributed by atoms with Gasteiger partial charge >= 0.3 is 0 Å². The van der Waals surface area contributed by atoms with Gasteiger partial charge in [-0.1, -0.05) is 12.2 Å². The van der Waals surface area contributed by atoms with Crippen molar-refractivity contribution < 1.29 is 4.79 Å². The molecule has 0 fully saturated rings. The van der Waals surface area contributed by atoms with Crippen molar-refractivity contribution in [3.63, 3.8) is 0 Å². The average molecular weight is 166 g/mol. The molecule has 0 spiro atoms. The zero-order chi connectivity index (χ0) is 9.56. The molecule has 0 aromatic heterocycles. The van der Waals surface area contributed by atoms with E-state index in [-0.39, 0.29) is 12.3 Å². The number of rotatable bonds is 4. The topological polar surface area (TPSA) is 55.1 Å². The van der Waals surface area contributed by atoms with E-state index in [9.17, 15) is 4.79 Å². The quantitative estimate of drug-likeness (QED) is 0.457. The van der Waals surface area contributed by atoms with Gasteiger partial charge in [-0.3, -0.25) is 4.79 Å². The normalized spacial score (nSPS) is 11.4. The molecular weight excluding hydrogens is 152 g/mol. The van der Waals surface area contributed by atoms with E-state index in [1.165, 1.54) is 0 Å². The van der Waals surface area contributed by atoms with Crippen molar-refractivity contribution in [2.75, 3.05) is 6.54 Å². The third-order valence-electron chi connectivity index (χ3n) is 1.24. The zero-order valence-corrected chi connectivity index (χ0v) is 7.26. The van der Waals surface area contributed by atoms with Crippen molar-refractivity contribution in [3.05, 3.63) is 12.2 Å². The monoisotopic (exact) mass is 166 g/mol. The van der Waals surface area contributed by atoms with Crippen molar-refractivity contribution in [1.29, 1.82) is 0 Å². The molecular formula is C9H14N2O. The van der Waals surface area contributed by atoms with E-state index < -0.39 is 6.04 Å². The first kappa shape index (κ1) is 10.7. The standard InChI is InChI=1S/C9H14N2O/c1-4-5-8(10)9(12)11-6-7(2)3/h1,8H,2,5-6,10H2,3H3,(H,11,12). The van der Waals surface area contributed by atoms with Crippen LogP contribution in [0.25, 0.3) is 0 Å². The van der Waals surface area contributed by atoms with Crippen LogP contribution in [0.15, 0.2) is 12.2 Å². The third-order valence-corrected chi connectivity index (χ3v) is 1.24.